The molecule has 26 heavy (non-hydrogen) atoms. The molecule has 0 spiro atoms. The molecule has 140 valence electrons. The average Bonchev–Trinajstić information content (AvgIpc) is 3.15. The fourth-order valence-corrected chi connectivity index (χ4v) is 3.45. The molecule has 1 amide bonds. The van der Waals surface area contributed by atoms with E-state index >= 15 is 0 Å². The Bertz CT molecular complexity index is 921. The lowest BCUT2D eigenvalue weighted by Gasteiger charge is -2.23. The summed E-state index contributed by atoms with van der Waals surface area (Å²) in [5, 5.41) is 12.1. The first-order valence-electron chi connectivity index (χ1n) is 8.15. The number of carbonyl (C=O) groups is 1. The number of H-pyrrole nitrogens is 1. The molecule has 0 aliphatic carbocycles. The number of aliphatic hydroxyl groups excluding tert-OH is 1. The maximum atomic E-state index is 12.6. The van der Waals surface area contributed by atoms with Gasteiger partial charge in [-0.1, -0.05) is 0 Å². The Morgan fingerprint density at radius 2 is 2.12 bits per heavy atom. The van der Waals surface area contributed by atoms with Gasteiger partial charge in [0.1, 0.15) is 30.2 Å². The summed E-state index contributed by atoms with van der Waals surface area (Å²) in [6, 6.07) is 0. The Morgan fingerprint density at radius 1 is 1.38 bits per heavy atom. The number of hydrogen-bond donors (Lipinski definition) is 3. The summed E-state index contributed by atoms with van der Waals surface area (Å²) in [5.74, 6) is -1.00. The number of aliphatic hydroxyl groups is 1. The van der Waals surface area contributed by atoms with E-state index in [4.69, 9.17) is 14.2 Å². The van der Waals surface area contributed by atoms with Gasteiger partial charge >= 0.3 is 5.69 Å². The van der Waals surface area contributed by atoms with Crippen LogP contribution in [0.1, 0.15) is 27.0 Å². The highest BCUT2D eigenvalue weighted by Crippen LogP contribution is 2.43. The summed E-state index contributed by atoms with van der Waals surface area (Å²) in [6.45, 7) is 4.57. The van der Waals surface area contributed by atoms with E-state index in [0.29, 0.717) is 0 Å². The fourth-order valence-electron chi connectivity index (χ4n) is 3.45. The highest BCUT2D eigenvalue weighted by Gasteiger charge is 2.56. The van der Waals surface area contributed by atoms with E-state index in [1.807, 2.05) is 0 Å². The van der Waals surface area contributed by atoms with Gasteiger partial charge in [0.15, 0.2) is 23.5 Å². The first-order chi connectivity index (χ1) is 12.3. The van der Waals surface area contributed by atoms with Gasteiger partial charge in [0.2, 0.25) is 5.91 Å². The number of carbonyl (C=O) groups excluding carboxylic acids is 1. The van der Waals surface area contributed by atoms with Crippen molar-refractivity contribution in [3.05, 3.63) is 16.8 Å². The molecular weight excluding hydrogens is 346 g/mol. The molecule has 4 atom stereocenters. The number of ether oxygens (including phenoxy) is 3. The maximum Gasteiger partial charge on any atom is 0.330 e. The molecule has 3 N–H and O–H groups in total. The van der Waals surface area contributed by atoms with Crippen LogP contribution in [0.4, 0.5) is 5.82 Å². The predicted octanol–water partition coefficient (Wildman–Crippen LogP) is -0.512. The summed E-state index contributed by atoms with van der Waals surface area (Å²) in [7, 11) is 0. The van der Waals surface area contributed by atoms with Gasteiger partial charge in [-0.15, -0.1) is 0 Å². The van der Waals surface area contributed by atoms with E-state index < -0.39 is 36.0 Å². The number of rotatable bonds is 3. The number of aromatic amines is 1. The second-order valence-electron chi connectivity index (χ2n) is 6.71. The Labute approximate surface area is 147 Å². The quantitative estimate of drug-likeness (QED) is 0.660. The minimum absolute atomic E-state index is 0.190. The zero-order valence-corrected chi connectivity index (χ0v) is 14.4. The number of hydrogen-bond acceptors (Lipinski definition) is 8. The maximum absolute atomic E-state index is 12.6. The van der Waals surface area contributed by atoms with Crippen LogP contribution < -0.4 is 11.0 Å². The second kappa shape index (κ2) is 5.84. The number of nitrogens with one attached hydrogen (secondary N) is 2. The van der Waals surface area contributed by atoms with Crippen LogP contribution in [0.25, 0.3) is 11.2 Å². The number of aromatic nitrogens is 4. The number of amides is 1. The van der Waals surface area contributed by atoms with Crippen LogP contribution in [0.15, 0.2) is 11.1 Å². The van der Waals surface area contributed by atoms with Gasteiger partial charge in [0, 0.05) is 6.92 Å². The minimum atomic E-state index is -0.864. The van der Waals surface area contributed by atoms with Gasteiger partial charge in [0.05, 0.1) is 6.61 Å². The second-order valence-corrected chi connectivity index (χ2v) is 6.71. The molecule has 4 rings (SSSR count). The smallest absolute Gasteiger partial charge is 0.330 e. The molecule has 0 saturated carbocycles. The van der Waals surface area contributed by atoms with E-state index in [0.717, 1.165) is 0 Å². The van der Waals surface area contributed by atoms with Crippen molar-refractivity contribution in [1.29, 1.82) is 0 Å². The zero-order chi connectivity index (χ0) is 18.6. The molecule has 0 radical (unpaired) electrons. The normalized spacial score (nSPS) is 29.8. The van der Waals surface area contributed by atoms with Crippen LogP contribution in [0.3, 0.4) is 0 Å². The van der Waals surface area contributed by atoms with Crippen LogP contribution in [0.2, 0.25) is 0 Å². The average molecular weight is 365 g/mol. The van der Waals surface area contributed by atoms with Crippen molar-refractivity contribution in [3.8, 4) is 0 Å². The summed E-state index contributed by atoms with van der Waals surface area (Å²) >= 11 is 0. The Hall–Kier alpha value is -2.34. The molecule has 0 unspecified atom stereocenters. The first-order valence-corrected chi connectivity index (χ1v) is 8.15. The van der Waals surface area contributed by atoms with Crippen LogP contribution in [0.5, 0.6) is 0 Å². The van der Waals surface area contributed by atoms with E-state index in [1.165, 1.54) is 17.8 Å². The molecular formula is C15H19N5O6. The highest BCUT2D eigenvalue weighted by atomic mass is 16.8. The van der Waals surface area contributed by atoms with Crippen molar-refractivity contribution < 1.29 is 24.1 Å². The molecule has 2 aromatic heterocycles. The van der Waals surface area contributed by atoms with Gasteiger partial charge in [-0.25, -0.2) is 19.3 Å². The monoisotopic (exact) mass is 365 g/mol. The summed E-state index contributed by atoms with van der Waals surface area (Å²) in [5.41, 5.74) is 0.0330. The molecule has 2 aliphatic heterocycles. The molecule has 2 fully saturated rings. The fraction of sp³-hybridized carbons (Fsp3) is 0.600. The summed E-state index contributed by atoms with van der Waals surface area (Å²) < 4.78 is 18.8. The van der Waals surface area contributed by atoms with E-state index in [-0.39, 0.29) is 29.5 Å². The van der Waals surface area contributed by atoms with Crippen molar-refractivity contribution in [3.63, 3.8) is 0 Å². The van der Waals surface area contributed by atoms with Gasteiger partial charge < -0.3 is 29.6 Å². The lowest BCUT2D eigenvalue weighted by Crippen LogP contribution is -2.33. The number of imidazole rings is 1. The van der Waals surface area contributed by atoms with Gasteiger partial charge in [-0.3, -0.25) is 4.79 Å². The molecule has 0 aromatic carbocycles. The SMILES string of the molecule is CC(=O)Nc1ncnc2c1[nH]c(=O)n2[C@@H]1O[C@H](CO)[C@H]2OC(C)(C)O[C@H]21. The number of anilines is 1. The number of fused-ring (bicyclic) bond motifs is 2. The van der Waals surface area contributed by atoms with Gasteiger partial charge in [-0.2, -0.15) is 0 Å². The first kappa shape index (κ1) is 17.1. The number of nitrogens with zero attached hydrogens (tertiary/aromatic N) is 3. The van der Waals surface area contributed by atoms with E-state index in [9.17, 15) is 14.7 Å². The third-order valence-corrected chi connectivity index (χ3v) is 4.36. The molecule has 2 aliphatic rings. The van der Waals surface area contributed by atoms with Crippen LogP contribution in [0, 0.1) is 0 Å². The third-order valence-electron chi connectivity index (χ3n) is 4.36. The van der Waals surface area contributed by atoms with Crippen molar-refractivity contribution >= 4 is 22.9 Å². The van der Waals surface area contributed by atoms with E-state index in [2.05, 4.69) is 20.3 Å². The predicted molar refractivity (Wildman–Crippen MR) is 87.3 cm³/mol. The topological polar surface area (TPSA) is 141 Å². The largest absolute Gasteiger partial charge is 0.394 e. The molecule has 11 nitrogen and oxygen atoms in total. The van der Waals surface area contributed by atoms with Crippen molar-refractivity contribution in [2.45, 2.75) is 51.1 Å². The van der Waals surface area contributed by atoms with Crippen molar-refractivity contribution in [1.82, 2.24) is 19.5 Å². The standard InChI is InChI=1S/C15H19N5O6/c1-6(22)18-11-8-12(17-5-16-11)20(14(23)19-8)13-10-9(7(4-21)24-13)25-15(2,3)26-10/h5,7,9-10,13,21H,4H2,1-3H3,(H,19,23)(H,16,17,18,22)/t7-,9-,10-,13-/m1/s1. The zero-order valence-electron chi connectivity index (χ0n) is 14.4. The summed E-state index contributed by atoms with van der Waals surface area (Å²) in [4.78, 5) is 34.7. The van der Waals surface area contributed by atoms with Crippen LogP contribution in [-0.4, -0.2) is 61.2 Å². The Morgan fingerprint density at radius 3 is 2.81 bits per heavy atom. The Kier molecular flexibility index (Phi) is 3.84. The molecule has 4 heterocycles. The lowest BCUT2D eigenvalue weighted by molar-refractivity contribution is -0.200. The lowest BCUT2D eigenvalue weighted by atomic mass is 10.1. The highest BCUT2D eigenvalue weighted by molar-refractivity contribution is 5.95. The van der Waals surface area contributed by atoms with Crippen LogP contribution in [-0.2, 0) is 19.0 Å². The Balaban J connectivity index is 1.81. The third kappa shape index (κ3) is 2.60. The van der Waals surface area contributed by atoms with Crippen LogP contribution >= 0.6 is 0 Å². The van der Waals surface area contributed by atoms with E-state index in [1.54, 1.807) is 13.8 Å². The molecule has 0 bridgehead atoms. The summed E-state index contributed by atoms with van der Waals surface area (Å²) in [6.07, 6.45) is -1.37. The molecule has 11 heteroatoms. The van der Waals surface area contributed by atoms with Gasteiger partial charge in [-0.05, 0) is 13.8 Å². The van der Waals surface area contributed by atoms with Crippen molar-refractivity contribution in [2.24, 2.45) is 0 Å². The van der Waals surface area contributed by atoms with Crippen molar-refractivity contribution in [2.75, 3.05) is 11.9 Å². The van der Waals surface area contributed by atoms with Gasteiger partial charge in [0.25, 0.3) is 0 Å². The minimum Gasteiger partial charge on any atom is -0.394 e. The molecule has 2 aromatic rings. The molecule has 2 saturated heterocycles.